The summed E-state index contributed by atoms with van der Waals surface area (Å²) < 4.78 is 0.955. The quantitative estimate of drug-likeness (QED) is 0.924. The second-order valence-corrected chi connectivity index (χ2v) is 3.91. The molecule has 76 valence electrons. The van der Waals surface area contributed by atoms with Crippen LogP contribution in [0.25, 0.3) is 0 Å². The van der Waals surface area contributed by atoms with Crippen LogP contribution in [-0.2, 0) is 6.54 Å². The highest BCUT2D eigenvalue weighted by Gasteiger charge is 1.95. The summed E-state index contributed by atoms with van der Waals surface area (Å²) in [6.45, 7) is 0.693. The summed E-state index contributed by atoms with van der Waals surface area (Å²) in [4.78, 5) is 11.9. The number of aromatic nitrogens is 3. The Kier molecular flexibility index (Phi) is 3.24. The second-order valence-electron chi connectivity index (χ2n) is 2.99. The Labute approximate surface area is 95.9 Å². The molecule has 0 aliphatic rings. The molecule has 2 rings (SSSR count). The normalized spacial score (nSPS) is 9.93. The predicted molar refractivity (Wildman–Crippen MR) is 61.3 cm³/mol. The zero-order valence-electron chi connectivity index (χ0n) is 7.89. The summed E-state index contributed by atoms with van der Waals surface area (Å²) in [6.07, 6.45) is 8.60. The minimum absolute atomic E-state index is 0.693. The molecule has 0 saturated heterocycles. The van der Waals surface area contributed by atoms with E-state index >= 15 is 0 Å². The van der Waals surface area contributed by atoms with Crippen LogP contribution >= 0.6 is 15.9 Å². The van der Waals surface area contributed by atoms with Crippen LogP contribution in [0.15, 0.2) is 41.7 Å². The smallest absolute Gasteiger partial charge is 0.115 e. The minimum Gasteiger partial charge on any atom is -0.380 e. The molecule has 5 heteroatoms. The van der Waals surface area contributed by atoms with Gasteiger partial charge < -0.3 is 5.32 Å². The van der Waals surface area contributed by atoms with Crippen molar-refractivity contribution in [2.45, 2.75) is 6.54 Å². The highest BCUT2D eigenvalue weighted by molar-refractivity contribution is 9.10. The number of pyridine rings is 1. The van der Waals surface area contributed by atoms with Crippen LogP contribution in [-0.4, -0.2) is 15.0 Å². The summed E-state index contributed by atoms with van der Waals surface area (Å²) in [5.74, 6) is 0. The van der Waals surface area contributed by atoms with Crippen molar-refractivity contribution >= 4 is 21.6 Å². The van der Waals surface area contributed by atoms with Crippen LogP contribution in [0.4, 0.5) is 5.69 Å². The Morgan fingerprint density at radius 3 is 2.60 bits per heavy atom. The highest BCUT2D eigenvalue weighted by Crippen LogP contribution is 2.14. The molecule has 0 saturated carbocycles. The Balaban J connectivity index is 1.99. The zero-order chi connectivity index (χ0) is 10.5. The maximum Gasteiger partial charge on any atom is 0.115 e. The average molecular weight is 265 g/mol. The van der Waals surface area contributed by atoms with E-state index in [1.165, 1.54) is 6.33 Å². The summed E-state index contributed by atoms with van der Waals surface area (Å²) in [5.41, 5.74) is 2.01. The van der Waals surface area contributed by atoms with Crippen molar-refractivity contribution in [2.75, 3.05) is 5.32 Å². The lowest BCUT2D eigenvalue weighted by Crippen LogP contribution is -2.00. The van der Waals surface area contributed by atoms with Gasteiger partial charge in [-0.2, -0.15) is 0 Å². The van der Waals surface area contributed by atoms with E-state index in [0.29, 0.717) is 6.54 Å². The number of halogens is 1. The van der Waals surface area contributed by atoms with Gasteiger partial charge in [0.1, 0.15) is 6.33 Å². The van der Waals surface area contributed by atoms with E-state index in [9.17, 15) is 0 Å². The van der Waals surface area contributed by atoms with Gasteiger partial charge >= 0.3 is 0 Å². The topological polar surface area (TPSA) is 50.7 Å². The number of hydrogen-bond acceptors (Lipinski definition) is 4. The summed E-state index contributed by atoms with van der Waals surface area (Å²) in [5, 5.41) is 3.23. The average Bonchev–Trinajstić information content (AvgIpc) is 2.28. The predicted octanol–water partition coefficient (Wildman–Crippen LogP) is 2.25. The maximum atomic E-state index is 4.06. The van der Waals surface area contributed by atoms with Crippen molar-refractivity contribution in [1.82, 2.24) is 15.0 Å². The molecule has 2 heterocycles. The molecule has 0 unspecified atom stereocenters. The van der Waals surface area contributed by atoms with E-state index in [1.807, 2.05) is 6.07 Å². The van der Waals surface area contributed by atoms with Crippen LogP contribution in [0.5, 0.6) is 0 Å². The monoisotopic (exact) mass is 264 g/mol. The Morgan fingerprint density at radius 2 is 1.87 bits per heavy atom. The van der Waals surface area contributed by atoms with E-state index in [-0.39, 0.29) is 0 Å². The molecule has 0 amide bonds. The minimum atomic E-state index is 0.693. The molecule has 0 atom stereocenters. The Hall–Kier alpha value is -1.49. The fourth-order valence-electron chi connectivity index (χ4n) is 1.13. The first-order valence-electron chi connectivity index (χ1n) is 4.43. The van der Waals surface area contributed by atoms with Crippen LogP contribution in [0.2, 0.25) is 0 Å². The van der Waals surface area contributed by atoms with Gasteiger partial charge in [-0.3, -0.25) is 4.98 Å². The number of anilines is 1. The standard InChI is InChI=1S/C10H9BrN4/c11-9-1-10(6-12-5-9)15-4-8-2-13-7-14-3-8/h1-3,5-7,15H,4H2. The van der Waals surface area contributed by atoms with Gasteiger partial charge in [0.05, 0.1) is 11.9 Å². The third kappa shape index (κ3) is 2.99. The first-order chi connectivity index (χ1) is 7.34. The lowest BCUT2D eigenvalue weighted by atomic mass is 10.3. The van der Waals surface area contributed by atoms with Crippen LogP contribution < -0.4 is 5.32 Å². The highest BCUT2D eigenvalue weighted by atomic mass is 79.9. The van der Waals surface area contributed by atoms with Gasteiger partial charge in [0, 0.05) is 35.2 Å². The van der Waals surface area contributed by atoms with E-state index in [1.54, 1.807) is 24.8 Å². The third-order valence-corrected chi connectivity index (χ3v) is 2.25. The van der Waals surface area contributed by atoms with E-state index in [4.69, 9.17) is 0 Å². The first-order valence-corrected chi connectivity index (χ1v) is 5.22. The molecule has 0 aliphatic carbocycles. The lowest BCUT2D eigenvalue weighted by molar-refractivity contribution is 1.05. The fraction of sp³-hybridized carbons (Fsp3) is 0.100. The Bertz CT molecular complexity index is 432. The summed E-state index contributed by atoms with van der Waals surface area (Å²) >= 11 is 3.36. The molecule has 4 nitrogen and oxygen atoms in total. The number of nitrogens with one attached hydrogen (secondary N) is 1. The van der Waals surface area contributed by atoms with Gasteiger partial charge in [0.2, 0.25) is 0 Å². The molecule has 0 radical (unpaired) electrons. The van der Waals surface area contributed by atoms with Gasteiger partial charge in [-0.1, -0.05) is 0 Å². The van der Waals surface area contributed by atoms with Gasteiger partial charge in [0.25, 0.3) is 0 Å². The molecule has 2 aromatic rings. The maximum absolute atomic E-state index is 4.06. The van der Waals surface area contributed by atoms with Crippen molar-refractivity contribution < 1.29 is 0 Å². The summed E-state index contributed by atoms with van der Waals surface area (Å²) in [6, 6.07) is 1.97. The van der Waals surface area contributed by atoms with Crippen molar-refractivity contribution in [2.24, 2.45) is 0 Å². The molecule has 0 fully saturated rings. The van der Waals surface area contributed by atoms with Gasteiger partial charge in [0.15, 0.2) is 0 Å². The number of rotatable bonds is 3. The van der Waals surface area contributed by atoms with Gasteiger partial charge in [-0.15, -0.1) is 0 Å². The molecule has 1 N–H and O–H groups in total. The molecular weight excluding hydrogens is 256 g/mol. The molecule has 2 aromatic heterocycles. The number of nitrogens with zero attached hydrogens (tertiary/aromatic N) is 3. The zero-order valence-corrected chi connectivity index (χ0v) is 9.48. The second kappa shape index (κ2) is 4.84. The van der Waals surface area contributed by atoms with E-state index in [0.717, 1.165) is 15.7 Å². The first kappa shape index (κ1) is 10.0. The van der Waals surface area contributed by atoms with Crippen molar-refractivity contribution in [3.63, 3.8) is 0 Å². The van der Waals surface area contributed by atoms with Crippen molar-refractivity contribution in [3.05, 3.63) is 47.2 Å². The molecule has 0 spiro atoms. The lowest BCUT2D eigenvalue weighted by Gasteiger charge is -2.05. The van der Waals surface area contributed by atoms with Crippen molar-refractivity contribution in [1.29, 1.82) is 0 Å². The fourth-order valence-corrected chi connectivity index (χ4v) is 1.50. The molecule has 15 heavy (non-hydrogen) atoms. The van der Waals surface area contributed by atoms with E-state index < -0.39 is 0 Å². The third-order valence-electron chi connectivity index (χ3n) is 1.82. The molecular formula is C10H9BrN4. The molecule has 0 bridgehead atoms. The Morgan fingerprint density at radius 1 is 1.07 bits per heavy atom. The van der Waals surface area contributed by atoms with E-state index in [2.05, 4.69) is 36.2 Å². The summed E-state index contributed by atoms with van der Waals surface area (Å²) in [7, 11) is 0. The molecule has 0 aromatic carbocycles. The van der Waals surface area contributed by atoms with Crippen LogP contribution in [0.3, 0.4) is 0 Å². The van der Waals surface area contributed by atoms with Gasteiger partial charge in [-0.25, -0.2) is 9.97 Å². The van der Waals surface area contributed by atoms with Crippen LogP contribution in [0.1, 0.15) is 5.56 Å². The molecule has 0 aliphatic heterocycles. The van der Waals surface area contributed by atoms with Gasteiger partial charge in [-0.05, 0) is 22.0 Å². The SMILES string of the molecule is Brc1cncc(NCc2cncnc2)c1. The van der Waals surface area contributed by atoms with Crippen molar-refractivity contribution in [3.8, 4) is 0 Å². The van der Waals surface area contributed by atoms with Crippen LogP contribution in [0, 0.1) is 0 Å². The number of hydrogen-bond donors (Lipinski definition) is 1. The largest absolute Gasteiger partial charge is 0.380 e.